The van der Waals surface area contributed by atoms with Crippen LogP contribution in [0, 0.1) is 0 Å². The Kier molecular flexibility index (Phi) is 7.18. The Balaban J connectivity index is 1.70. The van der Waals surface area contributed by atoms with E-state index in [1.165, 1.54) is 23.1 Å². The van der Waals surface area contributed by atoms with Gasteiger partial charge in [-0.2, -0.15) is 0 Å². The van der Waals surface area contributed by atoms with Gasteiger partial charge in [0.1, 0.15) is 4.83 Å². The van der Waals surface area contributed by atoms with Gasteiger partial charge in [-0.1, -0.05) is 36.0 Å². The molecule has 6 nitrogen and oxygen atoms in total. The summed E-state index contributed by atoms with van der Waals surface area (Å²) in [5.41, 5.74) is 1.52. The molecule has 4 rings (SSSR count). The van der Waals surface area contributed by atoms with E-state index in [1.807, 2.05) is 53.2 Å². The Morgan fingerprint density at radius 1 is 1.19 bits per heavy atom. The zero-order valence-corrected chi connectivity index (χ0v) is 19.3. The fraction of sp³-hybridized carbons (Fsp3) is 0.227. The molecular formula is C22H21N3O3S3. The minimum absolute atomic E-state index is 0.0967. The van der Waals surface area contributed by atoms with Gasteiger partial charge >= 0.3 is 0 Å². The van der Waals surface area contributed by atoms with Crippen LogP contribution in [-0.4, -0.2) is 41.5 Å². The number of aromatic nitrogens is 2. The Bertz CT molecular complexity index is 1220. The summed E-state index contributed by atoms with van der Waals surface area (Å²) in [6.07, 6.45) is 0.756. The van der Waals surface area contributed by atoms with Crippen LogP contribution in [0.3, 0.4) is 0 Å². The van der Waals surface area contributed by atoms with Crippen molar-refractivity contribution in [3.63, 3.8) is 0 Å². The van der Waals surface area contributed by atoms with Crippen LogP contribution >= 0.6 is 34.4 Å². The first-order valence-electron chi connectivity index (χ1n) is 9.71. The second-order valence-electron chi connectivity index (χ2n) is 6.66. The van der Waals surface area contributed by atoms with E-state index in [0.29, 0.717) is 28.5 Å². The van der Waals surface area contributed by atoms with E-state index in [0.717, 1.165) is 22.5 Å². The molecule has 31 heavy (non-hydrogen) atoms. The average Bonchev–Trinajstić information content (AvgIpc) is 3.46. The number of nitrogens with one attached hydrogen (secondary N) is 1. The van der Waals surface area contributed by atoms with Crippen LogP contribution in [0.2, 0.25) is 0 Å². The number of thiophene rings is 2. The number of hydrogen-bond acceptors (Lipinski definition) is 7. The minimum Gasteiger partial charge on any atom is -0.385 e. The van der Waals surface area contributed by atoms with Crippen molar-refractivity contribution in [3.05, 3.63) is 63.6 Å². The third kappa shape index (κ3) is 4.90. The molecule has 3 aromatic heterocycles. The SMILES string of the molecule is COCCCNC(=O)CSc1nc2scc(-c3cccs3)c2c(=O)n1-c1ccccc1. The number of thioether (sulfide) groups is 1. The van der Waals surface area contributed by atoms with Gasteiger partial charge in [-0.15, -0.1) is 22.7 Å². The molecule has 0 radical (unpaired) electrons. The normalized spacial score (nSPS) is 11.1. The van der Waals surface area contributed by atoms with Gasteiger partial charge in [-0.25, -0.2) is 4.98 Å². The lowest BCUT2D eigenvalue weighted by Crippen LogP contribution is -2.27. The largest absolute Gasteiger partial charge is 0.385 e. The highest BCUT2D eigenvalue weighted by atomic mass is 32.2. The topological polar surface area (TPSA) is 73.2 Å². The van der Waals surface area contributed by atoms with E-state index in [2.05, 4.69) is 5.32 Å². The van der Waals surface area contributed by atoms with Gasteiger partial charge in [0, 0.05) is 36.1 Å². The van der Waals surface area contributed by atoms with E-state index >= 15 is 0 Å². The number of hydrogen-bond donors (Lipinski definition) is 1. The fourth-order valence-electron chi connectivity index (χ4n) is 3.11. The van der Waals surface area contributed by atoms with Crippen molar-refractivity contribution in [1.29, 1.82) is 0 Å². The minimum atomic E-state index is -0.121. The van der Waals surface area contributed by atoms with Gasteiger partial charge in [0.15, 0.2) is 5.16 Å². The molecule has 160 valence electrons. The third-order valence-electron chi connectivity index (χ3n) is 4.56. The van der Waals surface area contributed by atoms with Crippen LogP contribution in [-0.2, 0) is 9.53 Å². The molecule has 0 fully saturated rings. The van der Waals surface area contributed by atoms with Gasteiger partial charge in [-0.3, -0.25) is 14.2 Å². The predicted molar refractivity (Wildman–Crippen MR) is 129 cm³/mol. The summed E-state index contributed by atoms with van der Waals surface area (Å²) in [4.78, 5) is 32.4. The quantitative estimate of drug-likeness (QED) is 0.222. The molecule has 1 amide bonds. The van der Waals surface area contributed by atoms with Crippen molar-refractivity contribution < 1.29 is 9.53 Å². The Labute approximate surface area is 191 Å². The van der Waals surface area contributed by atoms with Gasteiger partial charge < -0.3 is 10.1 Å². The molecular weight excluding hydrogens is 450 g/mol. The second-order valence-corrected chi connectivity index (χ2v) is 9.41. The average molecular weight is 472 g/mol. The highest BCUT2D eigenvalue weighted by molar-refractivity contribution is 7.99. The molecule has 0 saturated heterocycles. The van der Waals surface area contributed by atoms with Gasteiger partial charge in [0.05, 0.1) is 16.8 Å². The fourth-order valence-corrected chi connectivity index (χ4v) is 5.76. The summed E-state index contributed by atoms with van der Waals surface area (Å²) in [7, 11) is 1.64. The molecule has 4 aromatic rings. The van der Waals surface area contributed by atoms with Gasteiger partial charge in [0.2, 0.25) is 5.91 Å². The maximum atomic E-state index is 13.6. The monoisotopic (exact) mass is 471 g/mol. The number of nitrogens with zero attached hydrogens (tertiary/aromatic N) is 2. The Hall–Kier alpha value is -2.46. The van der Waals surface area contributed by atoms with Crippen molar-refractivity contribution >= 4 is 50.6 Å². The molecule has 0 bridgehead atoms. The number of carbonyl (C=O) groups excluding carboxylic acids is 1. The van der Waals surface area contributed by atoms with Crippen LogP contribution in [0.4, 0.5) is 0 Å². The molecule has 0 saturated carbocycles. The van der Waals surface area contributed by atoms with Crippen LogP contribution < -0.4 is 10.9 Å². The number of methoxy groups -OCH3 is 1. The molecule has 1 aromatic carbocycles. The van der Waals surface area contributed by atoms with E-state index in [9.17, 15) is 9.59 Å². The molecule has 0 aliphatic carbocycles. The molecule has 0 unspecified atom stereocenters. The lowest BCUT2D eigenvalue weighted by atomic mass is 10.2. The second kappa shape index (κ2) is 10.2. The molecule has 0 aliphatic heterocycles. The van der Waals surface area contributed by atoms with E-state index in [4.69, 9.17) is 9.72 Å². The maximum Gasteiger partial charge on any atom is 0.268 e. The molecule has 3 heterocycles. The summed E-state index contributed by atoms with van der Waals surface area (Å²) in [5, 5.41) is 7.98. The van der Waals surface area contributed by atoms with Gasteiger partial charge in [-0.05, 0) is 30.0 Å². The van der Waals surface area contributed by atoms with Gasteiger partial charge in [0.25, 0.3) is 5.56 Å². The van der Waals surface area contributed by atoms with Crippen LogP contribution in [0.15, 0.2) is 63.2 Å². The molecule has 9 heteroatoms. The summed E-state index contributed by atoms with van der Waals surface area (Å²) < 4.78 is 6.60. The highest BCUT2D eigenvalue weighted by Crippen LogP contribution is 2.35. The van der Waals surface area contributed by atoms with Crippen LogP contribution in [0.25, 0.3) is 26.3 Å². The first-order chi connectivity index (χ1) is 15.2. The summed E-state index contributed by atoms with van der Waals surface area (Å²) in [6.45, 7) is 1.16. The zero-order chi connectivity index (χ0) is 21.6. The number of fused-ring (bicyclic) bond motifs is 1. The van der Waals surface area contributed by atoms with E-state index < -0.39 is 0 Å². The molecule has 1 N–H and O–H groups in total. The van der Waals surface area contributed by atoms with Crippen molar-refractivity contribution in [2.75, 3.05) is 26.0 Å². The molecule has 0 atom stereocenters. The number of carbonyl (C=O) groups is 1. The van der Waals surface area contributed by atoms with Crippen molar-refractivity contribution in [2.45, 2.75) is 11.6 Å². The number of rotatable bonds is 9. The summed E-state index contributed by atoms with van der Waals surface area (Å²) in [6, 6.07) is 13.4. The lowest BCUT2D eigenvalue weighted by Gasteiger charge is -2.12. The van der Waals surface area contributed by atoms with E-state index in [-0.39, 0.29) is 17.2 Å². The van der Waals surface area contributed by atoms with Crippen molar-refractivity contribution in [1.82, 2.24) is 14.9 Å². The Morgan fingerprint density at radius 2 is 2.03 bits per heavy atom. The first-order valence-corrected chi connectivity index (χ1v) is 12.5. The summed E-state index contributed by atoms with van der Waals surface area (Å²) >= 11 is 4.32. The summed E-state index contributed by atoms with van der Waals surface area (Å²) in [5.74, 6) is 0.0847. The van der Waals surface area contributed by atoms with Crippen LogP contribution in [0.1, 0.15) is 6.42 Å². The number of para-hydroxylation sites is 1. The third-order valence-corrected chi connectivity index (χ3v) is 7.27. The number of amides is 1. The van der Waals surface area contributed by atoms with Crippen molar-refractivity contribution in [2.24, 2.45) is 0 Å². The first kappa shape index (κ1) is 21.8. The number of ether oxygens (including phenoxy) is 1. The molecule has 0 aliphatic rings. The lowest BCUT2D eigenvalue weighted by molar-refractivity contribution is -0.118. The standard InChI is InChI=1S/C22H21N3O3S3/c1-28-11-6-10-23-18(26)14-31-22-24-20-19(16(13-30-20)17-9-5-12-29-17)21(27)25(22)15-7-3-2-4-8-15/h2-5,7-9,12-13H,6,10-11,14H2,1H3,(H,23,26). The van der Waals surface area contributed by atoms with E-state index in [1.54, 1.807) is 23.0 Å². The number of benzene rings is 1. The van der Waals surface area contributed by atoms with Crippen LogP contribution in [0.5, 0.6) is 0 Å². The molecule has 0 spiro atoms. The predicted octanol–water partition coefficient (Wildman–Crippen LogP) is 4.42. The Morgan fingerprint density at radius 3 is 2.77 bits per heavy atom. The zero-order valence-electron chi connectivity index (χ0n) is 16.9. The smallest absolute Gasteiger partial charge is 0.268 e. The highest BCUT2D eigenvalue weighted by Gasteiger charge is 2.19. The maximum absolute atomic E-state index is 13.6. The van der Waals surface area contributed by atoms with Crippen molar-refractivity contribution in [3.8, 4) is 16.1 Å².